The molecule has 0 saturated carbocycles. The third kappa shape index (κ3) is 1.60. The highest BCUT2D eigenvalue weighted by Crippen LogP contribution is 2.06. The van der Waals surface area contributed by atoms with Crippen LogP contribution in [0, 0.1) is 0 Å². The van der Waals surface area contributed by atoms with Gasteiger partial charge in [0, 0.05) is 18.0 Å². The Morgan fingerprint density at radius 1 is 1.54 bits per heavy atom. The molecule has 2 aromatic rings. The van der Waals surface area contributed by atoms with Crippen molar-refractivity contribution in [2.75, 3.05) is 0 Å². The van der Waals surface area contributed by atoms with E-state index in [4.69, 9.17) is 11.6 Å². The maximum atomic E-state index is 5.87. The zero-order valence-electron chi connectivity index (χ0n) is 7.05. The van der Waals surface area contributed by atoms with E-state index < -0.39 is 0 Å². The lowest BCUT2D eigenvalue weighted by Gasteiger charge is -2.02. The van der Waals surface area contributed by atoms with Crippen LogP contribution in [0.25, 0.3) is 5.65 Å². The summed E-state index contributed by atoms with van der Waals surface area (Å²) >= 11 is 5.87. The van der Waals surface area contributed by atoms with Gasteiger partial charge < -0.3 is 0 Å². The first-order valence-electron chi connectivity index (χ1n) is 3.92. The summed E-state index contributed by atoms with van der Waals surface area (Å²) in [5, 5.41) is 11.2. The minimum atomic E-state index is 0.0524. The largest absolute Gasteiger partial charge is 0.259 e. The lowest BCUT2D eigenvalue weighted by molar-refractivity contribution is 0.754. The van der Waals surface area contributed by atoms with E-state index in [2.05, 4.69) is 20.5 Å². The molecule has 2 heterocycles. The van der Waals surface area contributed by atoms with E-state index in [0.717, 1.165) is 5.69 Å². The van der Waals surface area contributed by atoms with Gasteiger partial charge in [-0.2, -0.15) is 4.52 Å². The van der Waals surface area contributed by atoms with Crippen LogP contribution in [0.5, 0.6) is 0 Å². The summed E-state index contributed by atoms with van der Waals surface area (Å²) in [6, 6.07) is 0. The fourth-order valence-electron chi connectivity index (χ4n) is 1.15. The Balaban J connectivity index is 2.48. The number of rotatable bonds is 2. The van der Waals surface area contributed by atoms with Crippen molar-refractivity contribution in [2.45, 2.75) is 18.7 Å². The van der Waals surface area contributed by atoms with E-state index in [1.807, 2.05) is 6.92 Å². The molecule has 0 amide bonds. The number of hydrogen-bond donors (Lipinski definition) is 0. The second-order valence-electron chi connectivity index (χ2n) is 2.83. The average Bonchev–Trinajstić information content (AvgIpc) is 2.51. The molecule has 0 aliphatic carbocycles. The van der Waals surface area contributed by atoms with E-state index in [9.17, 15) is 0 Å². The summed E-state index contributed by atoms with van der Waals surface area (Å²) in [6.45, 7) is 1.92. The van der Waals surface area contributed by atoms with E-state index in [0.29, 0.717) is 12.1 Å². The molecule has 68 valence electrons. The molecule has 0 bridgehead atoms. The molecule has 0 saturated heterocycles. The molecule has 2 rings (SSSR count). The molecule has 0 N–H and O–H groups in total. The van der Waals surface area contributed by atoms with Gasteiger partial charge in [-0.3, -0.25) is 4.98 Å². The highest BCUT2D eigenvalue weighted by atomic mass is 35.5. The van der Waals surface area contributed by atoms with Gasteiger partial charge in [-0.15, -0.1) is 16.7 Å². The van der Waals surface area contributed by atoms with E-state index >= 15 is 0 Å². The van der Waals surface area contributed by atoms with E-state index in [-0.39, 0.29) is 5.38 Å². The molecule has 0 aliphatic heterocycles. The normalized spacial score (nSPS) is 13.4. The number of halogens is 1. The zero-order valence-corrected chi connectivity index (χ0v) is 7.81. The van der Waals surface area contributed by atoms with Crippen LogP contribution < -0.4 is 0 Å². The van der Waals surface area contributed by atoms with Crippen molar-refractivity contribution in [3.63, 3.8) is 0 Å². The molecular weight excluding hydrogens is 190 g/mol. The Hall–Kier alpha value is -1.23. The maximum absolute atomic E-state index is 5.87. The molecule has 2 aromatic heterocycles. The fourth-order valence-corrected chi connectivity index (χ4v) is 1.31. The lowest BCUT2D eigenvalue weighted by atomic mass is 10.2. The summed E-state index contributed by atoms with van der Waals surface area (Å²) in [5.41, 5.74) is 1.57. The third-order valence-corrected chi connectivity index (χ3v) is 1.82. The monoisotopic (exact) mass is 197 g/mol. The van der Waals surface area contributed by atoms with Crippen LogP contribution in [0.1, 0.15) is 12.6 Å². The summed E-state index contributed by atoms with van der Waals surface area (Å²) in [7, 11) is 0. The van der Waals surface area contributed by atoms with Gasteiger partial charge in [0.2, 0.25) is 0 Å². The SMILES string of the molecule is CC(Cl)Cc1cncc2nnnn12. The minimum Gasteiger partial charge on any atom is -0.259 e. The molecule has 1 unspecified atom stereocenters. The second kappa shape index (κ2) is 3.26. The number of nitrogens with zero attached hydrogens (tertiary/aromatic N) is 5. The molecule has 0 aliphatic rings. The molecule has 0 aromatic carbocycles. The van der Waals surface area contributed by atoms with Gasteiger partial charge in [0.15, 0.2) is 5.65 Å². The second-order valence-corrected chi connectivity index (χ2v) is 3.58. The molecule has 0 spiro atoms. The van der Waals surface area contributed by atoms with Crippen molar-refractivity contribution >= 4 is 17.2 Å². The Labute approximate surface area is 79.7 Å². The van der Waals surface area contributed by atoms with E-state index in [1.165, 1.54) is 0 Å². The maximum Gasteiger partial charge on any atom is 0.197 e. The lowest BCUT2D eigenvalue weighted by Crippen LogP contribution is -2.05. The quantitative estimate of drug-likeness (QED) is 0.665. The van der Waals surface area contributed by atoms with Crippen LogP contribution in [0.3, 0.4) is 0 Å². The van der Waals surface area contributed by atoms with Crippen molar-refractivity contribution < 1.29 is 0 Å². The predicted octanol–water partition coefficient (Wildman–Crippen LogP) is 0.689. The van der Waals surface area contributed by atoms with Gasteiger partial charge in [0.25, 0.3) is 0 Å². The van der Waals surface area contributed by atoms with Crippen LogP contribution in [0.2, 0.25) is 0 Å². The molecule has 0 radical (unpaired) electrons. The first-order valence-corrected chi connectivity index (χ1v) is 4.36. The molecule has 5 nitrogen and oxygen atoms in total. The van der Waals surface area contributed by atoms with Gasteiger partial charge >= 0.3 is 0 Å². The molecule has 6 heteroatoms. The van der Waals surface area contributed by atoms with Crippen LogP contribution in [0.15, 0.2) is 12.4 Å². The Morgan fingerprint density at radius 2 is 2.38 bits per heavy atom. The van der Waals surface area contributed by atoms with Gasteiger partial charge in [-0.1, -0.05) is 0 Å². The fraction of sp³-hybridized carbons (Fsp3) is 0.429. The number of fused-ring (bicyclic) bond motifs is 1. The first kappa shape index (κ1) is 8.37. The number of alkyl halides is 1. The summed E-state index contributed by atoms with van der Waals surface area (Å²) in [6.07, 6.45) is 4.04. The highest BCUT2D eigenvalue weighted by molar-refractivity contribution is 6.20. The Morgan fingerprint density at radius 3 is 3.15 bits per heavy atom. The van der Waals surface area contributed by atoms with Gasteiger partial charge in [-0.25, -0.2) is 0 Å². The van der Waals surface area contributed by atoms with Crippen molar-refractivity contribution in [2.24, 2.45) is 0 Å². The van der Waals surface area contributed by atoms with Crippen molar-refractivity contribution in [1.82, 2.24) is 25.0 Å². The van der Waals surface area contributed by atoms with Crippen molar-refractivity contribution in [1.29, 1.82) is 0 Å². The predicted molar refractivity (Wildman–Crippen MR) is 47.6 cm³/mol. The number of hydrogen-bond acceptors (Lipinski definition) is 4. The highest BCUT2D eigenvalue weighted by Gasteiger charge is 2.06. The average molecular weight is 198 g/mol. The first-order chi connectivity index (χ1) is 6.27. The van der Waals surface area contributed by atoms with Crippen LogP contribution in [-0.4, -0.2) is 30.4 Å². The van der Waals surface area contributed by atoms with Crippen LogP contribution in [0.4, 0.5) is 0 Å². The zero-order chi connectivity index (χ0) is 9.26. The smallest absolute Gasteiger partial charge is 0.197 e. The molecular formula is C7H8ClN5. The van der Waals surface area contributed by atoms with Crippen molar-refractivity contribution in [3.8, 4) is 0 Å². The summed E-state index contributed by atoms with van der Waals surface area (Å²) in [4.78, 5) is 4.02. The number of tetrazole rings is 1. The Kier molecular flexibility index (Phi) is 2.10. The van der Waals surface area contributed by atoms with Gasteiger partial charge in [0.05, 0.1) is 11.9 Å². The third-order valence-electron chi connectivity index (χ3n) is 1.67. The van der Waals surface area contributed by atoms with E-state index in [1.54, 1.807) is 16.9 Å². The summed E-state index contributed by atoms with van der Waals surface area (Å²) < 4.78 is 1.64. The van der Waals surface area contributed by atoms with Gasteiger partial charge in [-0.05, 0) is 17.4 Å². The van der Waals surface area contributed by atoms with Gasteiger partial charge in [0.1, 0.15) is 0 Å². The number of aromatic nitrogens is 5. The standard InChI is InChI=1S/C7H8ClN5/c1-5(8)2-6-3-9-4-7-10-11-12-13(6)7/h3-5H,2H2,1H3. The Bertz CT molecular complexity index is 410. The minimum absolute atomic E-state index is 0.0524. The molecule has 13 heavy (non-hydrogen) atoms. The topological polar surface area (TPSA) is 56.0 Å². The summed E-state index contributed by atoms with van der Waals surface area (Å²) in [5.74, 6) is 0. The molecule has 0 fully saturated rings. The molecule has 1 atom stereocenters. The van der Waals surface area contributed by atoms with Crippen molar-refractivity contribution in [3.05, 3.63) is 18.1 Å². The van der Waals surface area contributed by atoms with Crippen LogP contribution in [-0.2, 0) is 6.42 Å². The van der Waals surface area contributed by atoms with Crippen LogP contribution >= 0.6 is 11.6 Å².